The SMILES string of the molecule is CNc1nc(-c2cccc(-c3cccc(-c4cnc(CN5CC6(CNC(=O)C6)C5)c(OC)n4)c3Cl)c2Cl)cnc1CN1CC2(CNC(=O)C2)C1. The van der Waals surface area contributed by atoms with E-state index in [0.717, 1.165) is 67.3 Å². The highest BCUT2D eigenvalue weighted by molar-refractivity contribution is 6.39. The lowest BCUT2D eigenvalue weighted by molar-refractivity contribution is -0.121. The third-order valence-corrected chi connectivity index (χ3v) is 11.1. The lowest BCUT2D eigenvalue weighted by atomic mass is 9.79. The highest BCUT2D eigenvalue weighted by Crippen LogP contribution is 2.43. The molecule has 0 unspecified atom stereocenters. The molecule has 0 saturated carbocycles. The largest absolute Gasteiger partial charge is 0.480 e. The van der Waals surface area contributed by atoms with Gasteiger partial charge in [-0.15, -0.1) is 0 Å². The summed E-state index contributed by atoms with van der Waals surface area (Å²) in [6.07, 6.45) is 4.64. The number of anilines is 1. The number of halogens is 2. The van der Waals surface area contributed by atoms with E-state index in [-0.39, 0.29) is 22.6 Å². The minimum Gasteiger partial charge on any atom is -0.480 e. The summed E-state index contributed by atoms with van der Waals surface area (Å²) in [6.45, 7) is 6.07. The molecule has 14 heteroatoms. The summed E-state index contributed by atoms with van der Waals surface area (Å²) in [7, 11) is 3.42. The van der Waals surface area contributed by atoms with Gasteiger partial charge in [-0.05, 0) is 0 Å². The number of nitrogens with one attached hydrogen (secondary N) is 3. The molecule has 258 valence electrons. The van der Waals surface area contributed by atoms with Crippen molar-refractivity contribution in [2.45, 2.75) is 25.9 Å². The van der Waals surface area contributed by atoms with Crippen LogP contribution in [0.5, 0.6) is 5.88 Å². The number of hydrogen-bond acceptors (Lipinski definition) is 10. The van der Waals surface area contributed by atoms with Crippen molar-refractivity contribution in [1.29, 1.82) is 0 Å². The molecule has 2 aromatic heterocycles. The fourth-order valence-electron chi connectivity index (χ4n) is 7.94. The number of carbonyl (C=O) groups excluding carboxylic acids is 2. The minimum absolute atomic E-state index is 0.0324. The summed E-state index contributed by atoms with van der Waals surface area (Å²) in [6, 6.07) is 11.5. The van der Waals surface area contributed by atoms with E-state index in [9.17, 15) is 9.59 Å². The third-order valence-electron chi connectivity index (χ3n) is 10.3. The van der Waals surface area contributed by atoms with E-state index in [1.165, 1.54) is 0 Å². The van der Waals surface area contributed by atoms with Crippen molar-refractivity contribution in [3.05, 3.63) is 70.2 Å². The number of aromatic nitrogens is 4. The Balaban J connectivity index is 1.01. The number of ether oxygens (including phenoxy) is 1. The quantitative estimate of drug-likeness (QED) is 0.231. The Hall–Kier alpha value is -4.36. The first-order valence-electron chi connectivity index (χ1n) is 16.7. The smallest absolute Gasteiger partial charge is 0.237 e. The van der Waals surface area contributed by atoms with Crippen LogP contribution in [0.4, 0.5) is 5.82 Å². The normalized spacial score (nSPS) is 19.3. The first-order chi connectivity index (χ1) is 24.2. The molecule has 0 atom stereocenters. The summed E-state index contributed by atoms with van der Waals surface area (Å²) >= 11 is 14.2. The number of likely N-dealkylation sites (tertiary alicyclic amines) is 2. The van der Waals surface area contributed by atoms with E-state index in [1.807, 2.05) is 43.4 Å². The maximum atomic E-state index is 11.7. The first kappa shape index (κ1) is 32.8. The molecule has 0 aliphatic carbocycles. The highest BCUT2D eigenvalue weighted by atomic mass is 35.5. The summed E-state index contributed by atoms with van der Waals surface area (Å²) < 4.78 is 5.67. The number of benzene rings is 2. The molecule has 50 heavy (non-hydrogen) atoms. The second-order valence-electron chi connectivity index (χ2n) is 14.0. The topological polar surface area (TPSA) is 138 Å². The molecule has 4 saturated heterocycles. The lowest BCUT2D eigenvalue weighted by Gasteiger charge is -2.47. The van der Waals surface area contributed by atoms with Crippen LogP contribution in [-0.4, -0.2) is 95.0 Å². The van der Waals surface area contributed by atoms with Gasteiger partial charge in [0.25, 0.3) is 0 Å². The Labute approximate surface area is 300 Å². The second-order valence-corrected chi connectivity index (χ2v) is 14.8. The average Bonchev–Trinajstić information content (AvgIpc) is 3.68. The molecule has 12 nitrogen and oxygen atoms in total. The van der Waals surface area contributed by atoms with Crippen LogP contribution in [0.25, 0.3) is 33.6 Å². The van der Waals surface area contributed by atoms with Crippen LogP contribution in [0.3, 0.4) is 0 Å². The van der Waals surface area contributed by atoms with Gasteiger partial charge >= 0.3 is 0 Å². The average molecular weight is 715 g/mol. The molecule has 2 amide bonds. The zero-order valence-corrected chi connectivity index (χ0v) is 29.4. The van der Waals surface area contributed by atoms with Gasteiger partial charge in [0, 0.05) is 105 Å². The maximum absolute atomic E-state index is 11.7. The summed E-state index contributed by atoms with van der Waals surface area (Å²) in [4.78, 5) is 47.2. The van der Waals surface area contributed by atoms with Crippen LogP contribution in [0.1, 0.15) is 24.2 Å². The van der Waals surface area contributed by atoms with Crippen molar-refractivity contribution >= 4 is 40.8 Å². The highest BCUT2D eigenvalue weighted by Gasteiger charge is 2.49. The van der Waals surface area contributed by atoms with Gasteiger partial charge in [-0.2, -0.15) is 0 Å². The molecule has 0 radical (unpaired) electrons. The van der Waals surface area contributed by atoms with E-state index >= 15 is 0 Å². The van der Waals surface area contributed by atoms with Crippen LogP contribution in [0, 0.1) is 10.8 Å². The van der Waals surface area contributed by atoms with Crippen molar-refractivity contribution in [2.75, 3.05) is 58.7 Å². The molecule has 4 aliphatic rings. The van der Waals surface area contributed by atoms with Crippen molar-refractivity contribution in [3.63, 3.8) is 0 Å². The molecule has 0 bridgehead atoms. The minimum atomic E-state index is 0.0324. The summed E-state index contributed by atoms with van der Waals surface area (Å²) in [5.41, 5.74) is 5.81. The van der Waals surface area contributed by atoms with Crippen LogP contribution in [0.15, 0.2) is 48.8 Å². The zero-order chi connectivity index (χ0) is 34.6. The van der Waals surface area contributed by atoms with E-state index in [4.69, 9.17) is 47.9 Å². The predicted octanol–water partition coefficient (Wildman–Crippen LogP) is 4.27. The van der Waals surface area contributed by atoms with Crippen LogP contribution in [-0.2, 0) is 22.7 Å². The van der Waals surface area contributed by atoms with Gasteiger partial charge in [0.15, 0.2) is 0 Å². The van der Waals surface area contributed by atoms with Crippen molar-refractivity contribution in [2.24, 2.45) is 10.8 Å². The molecular formula is C36H37Cl2N9O3. The maximum Gasteiger partial charge on any atom is 0.237 e. The lowest BCUT2D eigenvalue weighted by Crippen LogP contribution is -2.56. The van der Waals surface area contributed by atoms with Crippen LogP contribution in [0.2, 0.25) is 10.0 Å². The van der Waals surface area contributed by atoms with E-state index in [0.29, 0.717) is 64.6 Å². The fraction of sp³-hybridized carbons (Fsp3) is 0.389. The van der Waals surface area contributed by atoms with Gasteiger partial charge in [-0.25, -0.2) is 9.97 Å². The van der Waals surface area contributed by atoms with Crippen LogP contribution >= 0.6 is 23.2 Å². The molecule has 8 rings (SSSR count). The Morgan fingerprint density at radius 3 is 1.72 bits per heavy atom. The molecule has 4 fully saturated rings. The van der Waals surface area contributed by atoms with Crippen molar-refractivity contribution in [3.8, 4) is 39.5 Å². The molecular weight excluding hydrogens is 677 g/mol. The van der Waals surface area contributed by atoms with E-state index in [1.54, 1.807) is 19.5 Å². The Morgan fingerprint density at radius 2 is 1.24 bits per heavy atom. The van der Waals surface area contributed by atoms with Gasteiger partial charge in [-0.3, -0.25) is 29.4 Å². The van der Waals surface area contributed by atoms with Gasteiger partial charge in [0.1, 0.15) is 11.5 Å². The summed E-state index contributed by atoms with van der Waals surface area (Å²) in [5, 5.41) is 10.1. The Bertz CT molecular complexity index is 1870. The van der Waals surface area contributed by atoms with Crippen LogP contribution < -0.4 is 20.7 Å². The third kappa shape index (κ3) is 5.93. The molecule has 6 heterocycles. The van der Waals surface area contributed by atoms with Gasteiger partial charge in [0.2, 0.25) is 17.7 Å². The molecule has 4 aromatic rings. The van der Waals surface area contributed by atoms with Gasteiger partial charge in [-0.1, -0.05) is 59.6 Å². The standard InChI is InChI=1S/C36H37Cl2N9O3/c1-39-33-27(13-46-17-35(18-46)9-29(48)42-15-35)40-11-25(44-33)23-7-3-5-21(31(23)37)22-6-4-8-24(32(22)38)26-12-41-28(34(45-26)50-2)14-47-19-36(20-47)10-30(49)43-16-36/h3-8,11-12H,9-10,13-20H2,1-2H3,(H,39,44)(H,42,48)(H,43,49). The number of rotatable bonds is 9. The number of nitrogens with zero attached hydrogens (tertiary/aromatic N) is 6. The molecule has 3 N–H and O–H groups in total. The van der Waals surface area contributed by atoms with E-state index < -0.39 is 0 Å². The monoisotopic (exact) mass is 713 g/mol. The fourth-order valence-corrected chi connectivity index (χ4v) is 8.59. The summed E-state index contributed by atoms with van der Waals surface area (Å²) in [5.74, 6) is 1.38. The first-order valence-corrected chi connectivity index (χ1v) is 17.4. The number of amides is 2. The predicted molar refractivity (Wildman–Crippen MR) is 191 cm³/mol. The van der Waals surface area contributed by atoms with Crippen molar-refractivity contribution < 1.29 is 14.3 Å². The number of methoxy groups -OCH3 is 1. The Kier molecular flexibility index (Phi) is 8.37. The van der Waals surface area contributed by atoms with Crippen molar-refractivity contribution in [1.82, 2.24) is 40.4 Å². The van der Waals surface area contributed by atoms with Gasteiger partial charge < -0.3 is 20.7 Å². The Morgan fingerprint density at radius 1 is 0.760 bits per heavy atom. The van der Waals surface area contributed by atoms with Gasteiger partial charge in [0.05, 0.1) is 46.6 Å². The molecule has 2 aromatic carbocycles. The zero-order valence-electron chi connectivity index (χ0n) is 27.9. The number of hydrogen-bond donors (Lipinski definition) is 3. The molecule has 2 spiro atoms. The van der Waals surface area contributed by atoms with E-state index in [2.05, 4.69) is 25.8 Å². The molecule has 4 aliphatic heterocycles. The second kappa shape index (κ2) is 12.8. The number of carbonyl (C=O) groups is 2.